The Labute approximate surface area is 108 Å². The van der Waals surface area contributed by atoms with Crippen molar-refractivity contribution in [2.45, 2.75) is 51.1 Å². The number of nitrogens with one attached hydrogen (secondary N) is 3. The van der Waals surface area contributed by atoms with Gasteiger partial charge in [0.1, 0.15) is 0 Å². The highest BCUT2D eigenvalue weighted by atomic mass is 16.2. The van der Waals surface area contributed by atoms with Crippen LogP contribution in [0, 0.1) is 5.92 Å². The minimum Gasteiger partial charge on any atom is -0.355 e. The van der Waals surface area contributed by atoms with Crippen LogP contribution in [0.25, 0.3) is 0 Å². The summed E-state index contributed by atoms with van der Waals surface area (Å²) in [5.74, 6) is 0.703. The van der Waals surface area contributed by atoms with Crippen molar-refractivity contribution in [3.8, 4) is 0 Å². The third-order valence-electron chi connectivity index (χ3n) is 3.98. The first-order chi connectivity index (χ1) is 8.66. The summed E-state index contributed by atoms with van der Waals surface area (Å²) in [5.41, 5.74) is 0. The van der Waals surface area contributed by atoms with Crippen LogP contribution in [0.15, 0.2) is 0 Å². The molecule has 1 heterocycles. The standard InChI is InChI=1S/C13H23N3O2/c1-9(17)14-6-7-15-13(18)12-8-10-4-2-3-5-11(10)16-12/h10-12,16H,2-8H2,1H3,(H,14,17)(H,15,18). The van der Waals surface area contributed by atoms with Gasteiger partial charge in [0.05, 0.1) is 6.04 Å². The molecule has 2 rings (SSSR count). The third-order valence-corrected chi connectivity index (χ3v) is 3.98. The maximum atomic E-state index is 11.9. The van der Waals surface area contributed by atoms with Gasteiger partial charge >= 0.3 is 0 Å². The molecule has 18 heavy (non-hydrogen) atoms. The van der Waals surface area contributed by atoms with E-state index >= 15 is 0 Å². The highest BCUT2D eigenvalue weighted by Gasteiger charge is 2.37. The lowest BCUT2D eigenvalue weighted by atomic mass is 9.85. The van der Waals surface area contributed by atoms with Crippen molar-refractivity contribution in [3.63, 3.8) is 0 Å². The summed E-state index contributed by atoms with van der Waals surface area (Å²) in [5, 5.41) is 8.98. The lowest BCUT2D eigenvalue weighted by Crippen LogP contribution is -2.45. The smallest absolute Gasteiger partial charge is 0.237 e. The summed E-state index contributed by atoms with van der Waals surface area (Å²) < 4.78 is 0. The Morgan fingerprint density at radius 1 is 1.17 bits per heavy atom. The summed E-state index contributed by atoms with van der Waals surface area (Å²) >= 11 is 0. The minimum absolute atomic E-state index is 0.0320. The molecular weight excluding hydrogens is 230 g/mol. The first kappa shape index (κ1) is 13.3. The molecule has 2 fully saturated rings. The number of amides is 2. The van der Waals surface area contributed by atoms with E-state index in [0.29, 0.717) is 25.0 Å². The van der Waals surface area contributed by atoms with Gasteiger partial charge in [-0.25, -0.2) is 0 Å². The van der Waals surface area contributed by atoms with E-state index in [1.807, 2.05) is 0 Å². The van der Waals surface area contributed by atoms with Gasteiger partial charge < -0.3 is 16.0 Å². The molecule has 0 radical (unpaired) electrons. The fourth-order valence-corrected chi connectivity index (χ4v) is 3.07. The van der Waals surface area contributed by atoms with Crippen molar-refractivity contribution in [1.29, 1.82) is 0 Å². The zero-order chi connectivity index (χ0) is 13.0. The highest BCUT2D eigenvalue weighted by Crippen LogP contribution is 2.33. The van der Waals surface area contributed by atoms with Gasteiger partial charge in [0, 0.05) is 26.1 Å². The van der Waals surface area contributed by atoms with Crippen LogP contribution in [0.4, 0.5) is 0 Å². The van der Waals surface area contributed by atoms with E-state index in [1.165, 1.54) is 32.6 Å². The molecule has 0 bridgehead atoms. The lowest BCUT2D eigenvalue weighted by Gasteiger charge is -2.24. The molecule has 5 nitrogen and oxygen atoms in total. The largest absolute Gasteiger partial charge is 0.355 e. The van der Waals surface area contributed by atoms with Crippen LogP contribution in [0.1, 0.15) is 39.0 Å². The molecule has 0 aromatic rings. The molecule has 0 spiro atoms. The van der Waals surface area contributed by atoms with E-state index < -0.39 is 0 Å². The molecule has 1 saturated carbocycles. The van der Waals surface area contributed by atoms with E-state index in [2.05, 4.69) is 16.0 Å². The van der Waals surface area contributed by atoms with Gasteiger partial charge in [-0.2, -0.15) is 0 Å². The topological polar surface area (TPSA) is 70.2 Å². The van der Waals surface area contributed by atoms with Crippen LogP contribution in [0.2, 0.25) is 0 Å². The summed E-state index contributed by atoms with van der Waals surface area (Å²) in [6.45, 7) is 2.48. The predicted molar refractivity (Wildman–Crippen MR) is 69.0 cm³/mol. The summed E-state index contributed by atoms with van der Waals surface area (Å²) in [6, 6.07) is 0.514. The first-order valence-corrected chi connectivity index (χ1v) is 6.95. The molecular formula is C13H23N3O2. The normalized spacial score (nSPS) is 30.6. The maximum Gasteiger partial charge on any atom is 0.237 e. The van der Waals surface area contributed by atoms with Crippen molar-refractivity contribution in [3.05, 3.63) is 0 Å². The lowest BCUT2D eigenvalue weighted by molar-refractivity contribution is -0.123. The number of rotatable bonds is 4. The van der Waals surface area contributed by atoms with Crippen molar-refractivity contribution in [2.75, 3.05) is 13.1 Å². The molecule has 2 aliphatic rings. The average Bonchev–Trinajstić information content (AvgIpc) is 2.78. The van der Waals surface area contributed by atoms with Crippen molar-refractivity contribution in [2.24, 2.45) is 5.92 Å². The van der Waals surface area contributed by atoms with Gasteiger partial charge in [0.2, 0.25) is 11.8 Å². The molecule has 1 saturated heterocycles. The fourth-order valence-electron chi connectivity index (χ4n) is 3.07. The van der Waals surface area contributed by atoms with Crippen molar-refractivity contribution in [1.82, 2.24) is 16.0 Å². The monoisotopic (exact) mass is 253 g/mol. The molecule has 1 aliphatic carbocycles. The molecule has 3 N–H and O–H groups in total. The van der Waals surface area contributed by atoms with E-state index in [9.17, 15) is 9.59 Å². The molecule has 2 amide bonds. The quantitative estimate of drug-likeness (QED) is 0.625. The summed E-state index contributed by atoms with van der Waals surface area (Å²) in [7, 11) is 0. The van der Waals surface area contributed by atoms with E-state index in [1.54, 1.807) is 0 Å². The molecule has 3 atom stereocenters. The Morgan fingerprint density at radius 3 is 2.61 bits per heavy atom. The maximum absolute atomic E-state index is 11.9. The molecule has 102 valence electrons. The van der Waals surface area contributed by atoms with E-state index in [0.717, 1.165) is 6.42 Å². The molecule has 0 aromatic heterocycles. The number of carbonyl (C=O) groups excluding carboxylic acids is 2. The van der Waals surface area contributed by atoms with Gasteiger partial charge in [0.15, 0.2) is 0 Å². The zero-order valence-electron chi connectivity index (χ0n) is 11.0. The Bertz CT molecular complexity index is 305. The van der Waals surface area contributed by atoms with Gasteiger partial charge in [-0.3, -0.25) is 9.59 Å². The first-order valence-electron chi connectivity index (χ1n) is 6.95. The van der Waals surface area contributed by atoms with E-state index in [-0.39, 0.29) is 17.9 Å². The molecule has 0 aromatic carbocycles. The second-order valence-corrected chi connectivity index (χ2v) is 5.38. The average molecular weight is 253 g/mol. The Balaban J connectivity index is 1.68. The zero-order valence-corrected chi connectivity index (χ0v) is 11.0. The Kier molecular flexibility index (Phi) is 4.58. The highest BCUT2D eigenvalue weighted by molar-refractivity contribution is 5.82. The third kappa shape index (κ3) is 3.45. The van der Waals surface area contributed by atoms with Crippen LogP contribution in [0.5, 0.6) is 0 Å². The second-order valence-electron chi connectivity index (χ2n) is 5.38. The Morgan fingerprint density at radius 2 is 1.89 bits per heavy atom. The van der Waals surface area contributed by atoms with Gasteiger partial charge in [-0.1, -0.05) is 12.8 Å². The molecule has 1 aliphatic heterocycles. The molecule has 3 unspecified atom stereocenters. The number of hydrogen-bond donors (Lipinski definition) is 3. The van der Waals surface area contributed by atoms with Crippen molar-refractivity contribution < 1.29 is 9.59 Å². The Hall–Kier alpha value is -1.10. The molecule has 5 heteroatoms. The van der Waals surface area contributed by atoms with Crippen LogP contribution in [-0.4, -0.2) is 37.0 Å². The number of fused-ring (bicyclic) bond motifs is 1. The minimum atomic E-state index is -0.0609. The van der Waals surface area contributed by atoms with Gasteiger partial charge in [0.25, 0.3) is 0 Å². The van der Waals surface area contributed by atoms with Gasteiger partial charge in [-0.05, 0) is 25.2 Å². The fraction of sp³-hybridized carbons (Fsp3) is 0.846. The van der Waals surface area contributed by atoms with Crippen LogP contribution in [0.3, 0.4) is 0 Å². The predicted octanol–water partition coefficient (Wildman–Crippen LogP) is 0.159. The number of hydrogen-bond acceptors (Lipinski definition) is 3. The van der Waals surface area contributed by atoms with Crippen LogP contribution < -0.4 is 16.0 Å². The summed E-state index contributed by atoms with van der Waals surface area (Å²) in [6.07, 6.45) is 6.02. The van der Waals surface area contributed by atoms with Crippen LogP contribution >= 0.6 is 0 Å². The van der Waals surface area contributed by atoms with Gasteiger partial charge in [-0.15, -0.1) is 0 Å². The van der Waals surface area contributed by atoms with Crippen LogP contribution in [-0.2, 0) is 9.59 Å². The second kappa shape index (κ2) is 6.18. The van der Waals surface area contributed by atoms with E-state index in [4.69, 9.17) is 0 Å². The number of carbonyl (C=O) groups is 2. The summed E-state index contributed by atoms with van der Waals surface area (Å²) in [4.78, 5) is 22.6. The van der Waals surface area contributed by atoms with Crippen molar-refractivity contribution >= 4 is 11.8 Å². The SMILES string of the molecule is CC(=O)NCCNC(=O)C1CC2CCCCC2N1.